The molecule has 0 aliphatic heterocycles. The van der Waals surface area contributed by atoms with Crippen LogP contribution in [0.2, 0.25) is 0 Å². The minimum absolute atomic E-state index is 0.0939. The van der Waals surface area contributed by atoms with E-state index in [1.54, 1.807) is 0 Å². The molecule has 0 aliphatic rings. The zero-order valence-electron chi connectivity index (χ0n) is 7.82. The highest BCUT2D eigenvalue weighted by atomic mass is 16.4. The second-order valence-electron chi connectivity index (χ2n) is 2.88. The van der Waals surface area contributed by atoms with E-state index in [0.29, 0.717) is 0 Å². The van der Waals surface area contributed by atoms with E-state index in [9.17, 15) is 14.4 Å². The molecule has 0 unspecified atom stereocenters. The Morgan fingerprint density at radius 3 is 2.21 bits per heavy atom. The first kappa shape index (κ1) is 12.4. The quantitative estimate of drug-likeness (QED) is 0.556. The highest BCUT2D eigenvalue weighted by molar-refractivity contribution is 5.82. The molecule has 0 aliphatic carbocycles. The van der Waals surface area contributed by atoms with E-state index in [1.807, 2.05) is 0 Å². The monoisotopic (exact) mass is 203 g/mol. The van der Waals surface area contributed by atoms with Gasteiger partial charge in [0.1, 0.15) is 6.04 Å². The largest absolute Gasteiger partial charge is 0.481 e. The number of carbonyl (C=O) groups is 3. The van der Waals surface area contributed by atoms with Crippen LogP contribution in [-0.2, 0) is 14.4 Å². The standard InChI is InChI=1S/C8H13NO5/c1-5(10)9-6(8(13)14)3-2-4-7(11)12/h6H,2-4H2,1H3,(H,9,10)(H,11,12)(H,13,14)/t6-/m1/s1. The van der Waals surface area contributed by atoms with Crippen LogP contribution in [0.5, 0.6) is 0 Å². The van der Waals surface area contributed by atoms with Gasteiger partial charge in [-0.2, -0.15) is 0 Å². The fourth-order valence-electron chi connectivity index (χ4n) is 0.960. The number of amides is 1. The van der Waals surface area contributed by atoms with Gasteiger partial charge in [0.2, 0.25) is 5.91 Å². The minimum Gasteiger partial charge on any atom is -0.481 e. The Balaban J connectivity index is 3.91. The molecule has 3 N–H and O–H groups in total. The summed E-state index contributed by atoms with van der Waals surface area (Å²) in [6.07, 6.45) is 0.261. The van der Waals surface area contributed by atoms with Crippen molar-refractivity contribution in [2.45, 2.75) is 32.2 Å². The lowest BCUT2D eigenvalue weighted by Gasteiger charge is -2.11. The highest BCUT2D eigenvalue weighted by Crippen LogP contribution is 2.01. The molecule has 0 saturated heterocycles. The maximum atomic E-state index is 10.6. The van der Waals surface area contributed by atoms with Gasteiger partial charge in [0, 0.05) is 13.3 Å². The van der Waals surface area contributed by atoms with E-state index in [4.69, 9.17) is 10.2 Å². The molecule has 0 radical (unpaired) electrons. The van der Waals surface area contributed by atoms with Crippen molar-refractivity contribution in [1.82, 2.24) is 5.32 Å². The zero-order chi connectivity index (χ0) is 11.1. The molecule has 1 atom stereocenters. The summed E-state index contributed by atoms with van der Waals surface area (Å²) in [5, 5.41) is 19.2. The lowest BCUT2D eigenvalue weighted by Crippen LogP contribution is -2.39. The molecular formula is C8H13NO5. The minimum atomic E-state index is -1.15. The normalized spacial score (nSPS) is 11.8. The van der Waals surface area contributed by atoms with Crippen LogP contribution < -0.4 is 5.32 Å². The molecule has 0 spiro atoms. The van der Waals surface area contributed by atoms with Gasteiger partial charge in [0.25, 0.3) is 0 Å². The van der Waals surface area contributed by atoms with Crippen molar-refractivity contribution in [2.75, 3.05) is 0 Å². The predicted octanol–water partition coefficient (Wildman–Crippen LogP) is -0.169. The van der Waals surface area contributed by atoms with Crippen LogP contribution in [0.1, 0.15) is 26.2 Å². The van der Waals surface area contributed by atoms with Crippen molar-refractivity contribution in [3.05, 3.63) is 0 Å². The van der Waals surface area contributed by atoms with Gasteiger partial charge in [-0.15, -0.1) is 0 Å². The summed E-state index contributed by atoms with van der Waals surface area (Å²) in [5.74, 6) is -2.56. The molecule has 0 saturated carbocycles. The molecule has 1 amide bonds. The number of carboxylic acid groups (broad SMARTS) is 2. The Kier molecular flexibility index (Phi) is 5.28. The van der Waals surface area contributed by atoms with E-state index >= 15 is 0 Å². The van der Waals surface area contributed by atoms with Crippen molar-refractivity contribution in [2.24, 2.45) is 0 Å². The third-order valence-electron chi connectivity index (χ3n) is 1.56. The molecule has 6 nitrogen and oxygen atoms in total. The number of aliphatic carboxylic acids is 2. The Morgan fingerprint density at radius 1 is 1.29 bits per heavy atom. The van der Waals surface area contributed by atoms with Crippen molar-refractivity contribution in [3.63, 3.8) is 0 Å². The molecule has 0 bridgehead atoms. The van der Waals surface area contributed by atoms with Crippen LogP contribution >= 0.6 is 0 Å². The first-order valence-corrected chi connectivity index (χ1v) is 4.15. The van der Waals surface area contributed by atoms with Crippen molar-refractivity contribution >= 4 is 17.8 Å². The Bertz CT molecular complexity index is 238. The smallest absolute Gasteiger partial charge is 0.326 e. The molecule has 6 heteroatoms. The zero-order valence-corrected chi connectivity index (χ0v) is 7.82. The van der Waals surface area contributed by atoms with Crippen LogP contribution in [0.15, 0.2) is 0 Å². The molecule has 0 fully saturated rings. The SMILES string of the molecule is CC(=O)N[C@H](CCCC(=O)O)C(=O)O. The number of rotatable bonds is 6. The average Bonchev–Trinajstić information content (AvgIpc) is 2.00. The van der Waals surface area contributed by atoms with E-state index in [0.717, 1.165) is 0 Å². The highest BCUT2D eigenvalue weighted by Gasteiger charge is 2.17. The van der Waals surface area contributed by atoms with Crippen LogP contribution in [-0.4, -0.2) is 34.1 Å². The maximum absolute atomic E-state index is 10.6. The molecular weight excluding hydrogens is 190 g/mol. The van der Waals surface area contributed by atoms with Gasteiger partial charge in [-0.1, -0.05) is 0 Å². The summed E-state index contributed by atoms with van der Waals surface area (Å²) >= 11 is 0. The van der Waals surface area contributed by atoms with Crippen molar-refractivity contribution in [1.29, 1.82) is 0 Å². The number of carboxylic acids is 2. The third-order valence-corrected chi connectivity index (χ3v) is 1.56. The Morgan fingerprint density at radius 2 is 1.86 bits per heavy atom. The first-order valence-electron chi connectivity index (χ1n) is 4.15. The number of carbonyl (C=O) groups excluding carboxylic acids is 1. The van der Waals surface area contributed by atoms with Gasteiger partial charge in [-0.05, 0) is 12.8 Å². The van der Waals surface area contributed by atoms with E-state index in [1.165, 1.54) is 6.92 Å². The Labute approximate surface area is 80.9 Å². The number of hydrogen-bond donors (Lipinski definition) is 3. The molecule has 0 rings (SSSR count). The molecule has 0 aromatic carbocycles. The topological polar surface area (TPSA) is 104 Å². The summed E-state index contributed by atoms with van der Waals surface area (Å²) in [7, 11) is 0. The maximum Gasteiger partial charge on any atom is 0.326 e. The van der Waals surface area contributed by atoms with Gasteiger partial charge in [-0.25, -0.2) is 4.79 Å². The van der Waals surface area contributed by atoms with Gasteiger partial charge in [0.05, 0.1) is 0 Å². The van der Waals surface area contributed by atoms with E-state index < -0.39 is 23.9 Å². The molecule has 0 aromatic heterocycles. The predicted molar refractivity (Wildman–Crippen MR) is 46.7 cm³/mol. The van der Waals surface area contributed by atoms with Crippen LogP contribution in [0.25, 0.3) is 0 Å². The second-order valence-corrected chi connectivity index (χ2v) is 2.88. The lowest BCUT2D eigenvalue weighted by atomic mass is 10.1. The molecule has 80 valence electrons. The summed E-state index contributed by atoms with van der Waals surface area (Å²) in [6.45, 7) is 1.22. The van der Waals surface area contributed by atoms with Crippen LogP contribution in [0.3, 0.4) is 0 Å². The van der Waals surface area contributed by atoms with E-state index in [-0.39, 0.29) is 19.3 Å². The Hall–Kier alpha value is -1.59. The van der Waals surface area contributed by atoms with Gasteiger partial charge in [-0.3, -0.25) is 9.59 Å². The molecule has 0 aromatic rings. The number of nitrogens with one attached hydrogen (secondary N) is 1. The third kappa shape index (κ3) is 5.99. The summed E-state index contributed by atoms with van der Waals surface area (Å²) in [4.78, 5) is 31.3. The van der Waals surface area contributed by atoms with E-state index in [2.05, 4.69) is 5.32 Å². The molecule has 0 heterocycles. The lowest BCUT2D eigenvalue weighted by molar-refractivity contribution is -0.142. The van der Waals surface area contributed by atoms with Gasteiger partial charge in [0.15, 0.2) is 0 Å². The first-order chi connectivity index (χ1) is 6.43. The van der Waals surface area contributed by atoms with Crippen molar-refractivity contribution < 1.29 is 24.6 Å². The number of hydrogen-bond acceptors (Lipinski definition) is 3. The average molecular weight is 203 g/mol. The van der Waals surface area contributed by atoms with Gasteiger partial charge >= 0.3 is 11.9 Å². The van der Waals surface area contributed by atoms with Crippen LogP contribution in [0, 0.1) is 0 Å². The second kappa shape index (κ2) is 5.95. The van der Waals surface area contributed by atoms with Crippen LogP contribution in [0.4, 0.5) is 0 Å². The summed E-state index contributed by atoms with van der Waals surface area (Å²) < 4.78 is 0. The fourth-order valence-corrected chi connectivity index (χ4v) is 0.960. The fraction of sp³-hybridized carbons (Fsp3) is 0.625. The summed E-state index contributed by atoms with van der Waals surface area (Å²) in [6, 6.07) is -0.994. The summed E-state index contributed by atoms with van der Waals surface area (Å²) in [5.41, 5.74) is 0. The van der Waals surface area contributed by atoms with Crippen molar-refractivity contribution in [3.8, 4) is 0 Å². The molecule has 14 heavy (non-hydrogen) atoms. The van der Waals surface area contributed by atoms with Gasteiger partial charge < -0.3 is 15.5 Å².